The summed E-state index contributed by atoms with van der Waals surface area (Å²) in [5, 5.41) is 16.5. The molecule has 150 valence electrons. The van der Waals surface area contributed by atoms with Gasteiger partial charge in [-0.05, 0) is 24.1 Å². The second-order valence-electron chi connectivity index (χ2n) is 6.99. The first-order chi connectivity index (χ1) is 14.2. The van der Waals surface area contributed by atoms with Crippen molar-refractivity contribution < 1.29 is 9.90 Å². The number of aromatic nitrogens is 3. The first-order valence-electron chi connectivity index (χ1n) is 9.82. The summed E-state index contributed by atoms with van der Waals surface area (Å²) in [5.41, 5.74) is 3.21. The summed E-state index contributed by atoms with van der Waals surface area (Å²) in [6, 6.07) is 10.1. The Balaban J connectivity index is 1.60. The number of aliphatic hydroxyl groups excluding tert-OH is 1. The minimum Gasteiger partial charge on any atom is -0.395 e. The van der Waals surface area contributed by atoms with Crippen LogP contribution in [0.1, 0.15) is 35.0 Å². The topological polar surface area (TPSA) is 103 Å². The Hall–Kier alpha value is -3.26. The summed E-state index contributed by atoms with van der Waals surface area (Å²) in [7, 11) is 0. The van der Waals surface area contributed by atoms with Crippen LogP contribution >= 0.6 is 0 Å². The molecule has 2 aromatic heterocycles. The number of anilines is 2. The van der Waals surface area contributed by atoms with Crippen molar-refractivity contribution in [1.82, 2.24) is 19.9 Å². The number of hydrogen-bond donors (Lipinski definition) is 3. The number of fused-ring (bicyclic) bond motifs is 2. The quantitative estimate of drug-likeness (QED) is 0.541. The molecule has 1 amide bonds. The van der Waals surface area contributed by atoms with Gasteiger partial charge in [-0.3, -0.25) is 9.78 Å². The van der Waals surface area contributed by atoms with Crippen LogP contribution in [0, 0.1) is 0 Å². The molecule has 1 aromatic carbocycles. The van der Waals surface area contributed by atoms with E-state index < -0.39 is 0 Å². The summed E-state index contributed by atoms with van der Waals surface area (Å²) >= 11 is 0. The lowest BCUT2D eigenvalue weighted by Gasteiger charge is -2.14. The Labute approximate surface area is 169 Å². The lowest BCUT2D eigenvalue weighted by atomic mass is 10.1. The van der Waals surface area contributed by atoms with Crippen LogP contribution < -0.4 is 10.6 Å². The molecule has 3 heterocycles. The smallest absolute Gasteiger partial charge is 0.273 e. The summed E-state index contributed by atoms with van der Waals surface area (Å²) in [5.74, 6) is 0.894. The van der Waals surface area contributed by atoms with Gasteiger partial charge in [-0.25, -0.2) is 4.98 Å². The lowest BCUT2D eigenvalue weighted by molar-refractivity contribution is 0.0774. The first-order valence-corrected chi connectivity index (χ1v) is 9.82. The number of pyridine rings is 1. The van der Waals surface area contributed by atoms with Crippen molar-refractivity contribution in [3.05, 3.63) is 53.3 Å². The van der Waals surface area contributed by atoms with Gasteiger partial charge in [-0.1, -0.05) is 25.1 Å². The summed E-state index contributed by atoms with van der Waals surface area (Å²) in [6.45, 7) is 4.04. The zero-order valence-corrected chi connectivity index (χ0v) is 16.4. The molecule has 8 nitrogen and oxygen atoms in total. The molecule has 0 radical (unpaired) electrons. The van der Waals surface area contributed by atoms with Crippen molar-refractivity contribution in [3.8, 4) is 0 Å². The predicted molar refractivity (Wildman–Crippen MR) is 112 cm³/mol. The number of aliphatic hydroxyl groups is 1. The average Bonchev–Trinajstić information content (AvgIpc) is 3.06. The van der Waals surface area contributed by atoms with E-state index >= 15 is 0 Å². The molecular formula is C21H24N6O2. The molecule has 0 saturated carbocycles. The normalized spacial score (nSPS) is 13.0. The van der Waals surface area contributed by atoms with Crippen molar-refractivity contribution in [2.45, 2.75) is 26.4 Å². The van der Waals surface area contributed by atoms with Crippen molar-refractivity contribution in [3.63, 3.8) is 0 Å². The van der Waals surface area contributed by atoms with Gasteiger partial charge in [0, 0.05) is 36.8 Å². The van der Waals surface area contributed by atoms with E-state index in [0.717, 1.165) is 28.5 Å². The van der Waals surface area contributed by atoms with Crippen molar-refractivity contribution in [2.75, 3.05) is 30.3 Å². The average molecular weight is 392 g/mol. The summed E-state index contributed by atoms with van der Waals surface area (Å²) in [6.07, 6.45) is 2.73. The largest absolute Gasteiger partial charge is 0.395 e. The highest BCUT2D eigenvalue weighted by molar-refractivity contribution is 5.98. The van der Waals surface area contributed by atoms with Crippen LogP contribution in [0.3, 0.4) is 0 Å². The Morgan fingerprint density at radius 2 is 2.07 bits per heavy atom. The summed E-state index contributed by atoms with van der Waals surface area (Å²) < 4.78 is 0. The predicted octanol–water partition coefficient (Wildman–Crippen LogP) is 2.41. The van der Waals surface area contributed by atoms with E-state index in [-0.39, 0.29) is 12.5 Å². The highest BCUT2D eigenvalue weighted by Gasteiger charge is 2.32. The third kappa shape index (κ3) is 3.97. The van der Waals surface area contributed by atoms with E-state index in [9.17, 15) is 4.79 Å². The van der Waals surface area contributed by atoms with Gasteiger partial charge >= 0.3 is 0 Å². The number of carbonyl (C=O) groups is 1. The number of amides is 1. The van der Waals surface area contributed by atoms with E-state index in [0.29, 0.717) is 43.6 Å². The van der Waals surface area contributed by atoms with Crippen LogP contribution in [0.5, 0.6) is 0 Å². The molecular weight excluding hydrogens is 368 g/mol. The van der Waals surface area contributed by atoms with Gasteiger partial charge in [0.05, 0.1) is 18.7 Å². The number of para-hydroxylation sites is 1. The number of nitrogens with one attached hydrogen (secondary N) is 2. The fraction of sp³-hybridized carbons (Fsp3) is 0.333. The maximum absolute atomic E-state index is 12.7. The first kappa shape index (κ1) is 19.1. The van der Waals surface area contributed by atoms with Gasteiger partial charge in [0.25, 0.3) is 5.91 Å². The summed E-state index contributed by atoms with van der Waals surface area (Å²) in [4.78, 5) is 27.9. The molecule has 1 aliphatic rings. The van der Waals surface area contributed by atoms with E-state index in [1.54, 1.807) is 4.90 Å². The van der Waals surface area contributed by atoms with Gasteiger partial charge in [0.15, 0.2) is 0 Å². The molecule has 0 aliphatic carbocycles. The minimum absolute atomic E-state index is 0.0398. The fourth-order valence-corrected chi connectivity index (χ4v) is 3.47. The molecule has 0 bridgehead atoms. The Kier molecular flexibility index (Phi) is 5.53. The van der Waals surface area contributed by atoms with E-state index in [1.165, 1.54) is 0 Å². The van der Waals surface area contributed by atoms with Crippen molar-refractivity contribution >= 4 is 28.6 Å². The van der Waals surface area contributed by atoms with E-state index in [1.807, 2.05) is 37.4 Å². The number of carbonyl (C=O) groups excluding carboxylic acids is 1. The molecule has 0 unspecified atom stereocenters. The van der Waals surface area contributed by atoms with Gasteiger partial charge in [-0.15, -0.1) is 0 Å². The van der Waals surface area contributed by atoms with Crippen LogP contribution in [0.25, 0.3) is 10.9 Å². The van der Waals surface area contributed by atoms with Crippen LogP contribution in [-0.2, 0) is 13.1 Å². The fourth-order valence-electron chi connectivity index (χ4n) is 3.47. The molecule has 0 spiro atoms. The molecule has 8 heteroatoms. The number of nitrogens with zero attached hydrogens (tertiary/aromatic N) is 4. The maximum atomic E-state index is 12.7. The van der Waals surface area contributed by atoms with Gasteiger partial charge < -0.3 is 20.6 Å². The Bertz CT molecular complexity index is 1040. The third-order valence-corrected chi connectivity index (χ3v) is 4.84. The van der Waals surface area contributed by atoms with Gasteiger partial charge in [-0.2, -0.15) is 4.98 Å². The van der Waals surface area contributed by atoms with E-state index in [2.05, 4.69) is 31.7 Å². The SMILES string of the molecule is CCCN1Cc2c(NCc3cnc4ccccc4c3)nc(NCCO)nc2C1=O. The van der Waals surface area contributed by atoms with Crippen LogP contribution in [0.4, 0.5) is 11.8 Å². The molecule has 4 rings (SSSR count). The second-order valence-corrected chi connectivity index (χ2v) is 6.99. The minimum atomic E-state index is -0.0771. The number of benzene rings is 1. The third-order valence-electron chi connectivity index (χ3n) is 4.84. The van der Waals surface area contributed by atoms with E-state index in [4.69, 9.17) is 5.11 Å². The van der Waals surface area contributed by atoms with Gasteiger partial charge in [0.1, 0.15) is 11.5 Å². The molecule has 0 fully saturated rings. The lowest BCUT2D eigenvalue weighted by Crippen LogP contribution is -2.24. The maximum Gasteiger partial charge on any atom is 0.273 e. The van der Waals surface area contributed by atoms with Crippen molar-refractivity contribution in [1.29, 1.82) is 0 Å². The Morgan fingerprint density at radius 3 is 2.90 bits per heavy atom. The monoisotopic (exact) mass is 392 g/mol. The number of hydrogen-bond acceptors (Lipinski definition) is 7. The highest BCUT2D eigenvalue weighted by atomic mass is 16.3. The zero-order chi connectivity index (χ0) is 20.2. The van der Waals surface area contributed by atoms with Crippen molar-refractivity contribution in [2.24, 2.45) is 0 Å². The van der Waals surface area contributed by atoms with Crippen LogP contribution in [-0.4, -0.2) is 50.6 Å². The standard InChI is InChI=1S/C21H24N6O2/c1-2-8-27-13-16-18(20(27)29)25-21(22-7-9-28)26-19(16)24-12-14-10-15-5-3-4-6-17(15)23-11-14/h3-6,10-11,28H,2,7-9,12-13H2,1H3,(H2,22,24,25,26). The molecule has 29 heavy (non-hydrogen) atoms. The molecule has 0 atom stereocenters. The molecule has 3 aromatic rings. The zero-order valence-electron chi connectivity index (χ0n) is 16.4. The Morgan fingerprint density at radius 1 is 1.21 bits per heavy atom. The number of rotatable bonds is 8. The van der Waals surface area contributed by atoms with Crippen LogP contribution in [0.15, 0.2) is 36.5 Å². The molecule has 1 aliphatic heterocycles. The molecule has 3 N–H and O–H groups in total. The molecule has 0 saturated heterocycles. The highest BCUT2D eigenvalue weighted by Crippen LogP contribution is 2.28. The van der Waals surface area contributed by atoms with Gasteiger partial charge in [0.2, 0.25) is 5.95 Å². The second kappa shape index (κ2) is 8.40. The van der Waals surface area contributed by atoms with Crippen LogP contribution in [0.2, 0.25) is 0 Å².